The van der Waals surface area contributed by atoms with Gasteiger partial charge in [0.15, 0.2) is 6.29 Å². The maximum atomic E-state index is 11.7. The Labute approximate surface area is 121 Å². The van der Waals surface area contributed by atoms with Crippen LogP contribution in [0.25, 0.3) is 0 Å². The lowest BCUT2D eigenvalue weighted by Gasteiger charge is -2.09. The number of aldehydes is 1. The van der Waals surface area contributed by atoms with Crippen molar-refractivity contribution in [3.05, 3.63) is 64.7 Å². The molecule has 2 rings (SSSR count). The Balaban J connectivity index is 1.96. The number of benzene rings is 2. The molecule has 2 aromatic rings. The SMILES string of the molecule is O=Cc1cc(Cl)ccc1NC(=O)OCc1ccccc1. The monoisotopic (exact) mass is 289 g/mol. The predicted octanol–water partition coefficient (Wildman–Crippen LogP) is 3.90. The highest BCUT2D eigenvalue weighted by atomic mass is 35.5. The van der Waals surface area contributed by atoms with Gasteiger partial charge in [0.25, 0.3) is 0 Å². The van der Waals surface area contributed by atoms with Gasteiger partial charge in [-0.2, -0.15) is 0 Å². The zero-order valence-electron chi connectivity index (χ0n) is 10.5. The van der Waals surface area contributed by atoms with E-state index in [1.165, 1.54) is 6.07 Å². The summed E-state index contributed by atoms with van der Waals surface area (Å²) in [6, 6.07) is 13.9. The van der Waals surface area contributed by atoms with Crippen molar-refractivity contribution in [2.45, 2.75) is 6.61 Å². The average molecular weight is 290 g/mol. The number of halogens is 1. The fourth-order valence-corrected chi connectivity index (χ4v) is 1.79. The van der Waals surface area contributed by atoms with E-state index in [0.717, 1.165) is 5.56 Å². The van der Waals surface area contributed by atoms with Gasteiger partial charge in [-0.3, -0.25) is 10.1 Å². The minimum Gasteiger partial charge on any atom is -0.444 e. The van der Waals surface area contributed by atoms with Crippen molar-refractivity contribution in [2.75, 3.05) is 5.32 Å². The molecule has 0 unspecified atom stereocenters. The summed E-state index contributed by atoms with van der Waals surface area (Å²) in [4.78, 5) is 22.5. The summed E-state index contributed by atoms with van der Waals surface area (Å²) >= 11 is 5.77. The predicted molar refractivity (Wildman–Crippen MR) is 77.1 cm³/mol. The van der Waals surface area contributed by atoms with Crippen LogP contribution < -0.4 is 5.32 Å². The van der Waals surface area contributed by atoms with E-state index in [0.29, 0.717) is 22.6 Å². The molecule has 102 valence electrons. The van der Waals surface area contributed by atoms with Crippen LogP contribution in [0.1, 0.15) is 15.9 Å². The first-order chi connectivity index (χ1) is 9.69. The van der Waals surface area contributed by atoms with E-state index < -0.39 is 6.09 Å². The van der Waals surface area contributed by atoms with Gasteiger partial charge in [-0.25, -0.2) is 4.79 Å². The Morgan fingerprint density at radius 1 is 1.20 bits per heavy atom. The van der Waals surface area contributed by atoms with Crippen LogP contribution in [0.2, 0.25) is 5.02 Å². The number of carbonyl (C=O) groups is 2. The van der Waals surface area contributed by atoms with Crippen molar-refractivity contribution < 1.29 is 14.3 Å². The Morgan fingerprint density at radius 2 is 1.95 bits per heavy atom. The molecule has 0 aliphatic heterocycles. The lowest BCUT2D eigenvalue weighted by atomic mass is 10.2. The number of hydrogen-bond donors (Lipinski definition) is 1. The molecular weight excluding hydrogens is 278 g/mol. The molecule has 2 aromatic carbocycles. The second-order valence-corrected chi connectivity index (χ2v) is 4.47. The number of carbonyl (C=O) groups excluding carboxylic acids is 2. The molecule has 0 aliphatic rings. The van der Waals surface area contributed by atoms with Gasteiger partial charge in [0.2, 0.25) is 0 Å². The third kappa shape index (κ3) is 3.83. The maximum absolute atomic E-state index is 11.7. The van der Waals surface area contributed by atoms with Gasteiger partial charge in [0.1, 0.15) is 6.61 Å². The number of ether oxygens (including phenoxy) is 1. The van der Waals surface area contributed by atoms with Crippen LogP contribution in [0.5, 0.6) is 0 Å². The van der Waals surface area contributed by atoms with Crippen molar-refractivity contribution in [3.8, 4) is 0 Å². The van der Waals surface area contributed by atoms with Gasteiger partial charge in [-0.15, -0.1) is 0 Å². The Morgan fingerprint density at radius 3 is 2.65 bits per heavy atom. The fourth-order valence-electron chi connectivity index (χ4n) is 1.61. The molecular formula is C15H12ClNO3. The number of amides is 1. The third-order valence-corrected chi connectivity index (χ3v) is 2.83. The molecule has 1 N–H and O–H groups in total. The lowest BCUT2D eigenvalue weighted by molar-refractivity contribution is 0.112. The molecule has 4 nitrogen and oxygen atoms in total. The molecule has 0 saturated carbocycles. The van der Waals surface area contributed by atoms with Gasteiger partial charge < -0.3 is 4.74 Å². The highest BCUT2D eigenvalue weighted by molar-refractivity contribution is 6.31. The average Bonchev–Trinajstić information content (AvgIpc) is 2.48. The second-order valence-electron chi connectivity index (χ2n) is 4.04. The van der Waals surface area contributed by atoms with Crippen molar-refractivity contribution in [3.63, 3.8) is 0 Å². The minimum atomic E-state index is -0.626. The van der Waals surface area contributed by atoms with E-state index in [9.17, 15) is 9.59 Å². The Hall–Kier alpha value is -2.33. The van der Waals surface area contributed by atoms with Gasteiger partial charge in [0, 0.05) is 10.6 Å². The molecule has 0 radical (unpaired) electrons. The summed E-state index contributed by atoms with van der Waals surface area (Å²) in [7, 11) is 0. The number of hydrogen-bond acceptors (Lipinski definition) is 3. The Bertz CT molecular complexity index is 614. The zero-order valence-corrected chi connectivity index (χ0v) is 11.3. The van der Waals surface area contributed by atoms with Crippen LogP contribution in [0.3, 0.4) is 0 Å². The first-order valence-corrected chi connectivity index (χ1v) is 6.29. The van der Waals surface area contributed by atoms with Crippen molar-refractivity contribution in [1.82, 2.24) is 0 Å². The summed E-state index contributed by atoms with van der Waals surface area (Å²) in [6.45, 7) is 0.163. The van der Waals surface area contributed by atoms with E-state index in [4.69, 9.17) is 16.3 Å². The van der Waals surface area contributed by atoms with Crippen LogP contribution in [0.15, 0.2) is 48.5 Å². The standard InChI is InChI=1S/C15H12ClNO3/c16-13-6-7-14(12(8-13)9-18)17-15(19)20-10-11-4-2-1-3-5-11/h1-9H,10H2,(H,17,19). The second kappa shape index (κ2) is 6.73. The molecule has 0 aromatic heterocycles. The van der Waals surface area contributed by atoms with E-state index in [2.05, 4.69) is 5.32 Å². The highest BCUT2D eigenvalue weighted by Gasteiger charge is 2.08. The molecule has 0 atom stereocenters. The summed E-state index contributed by atoms with van der Waals surface area (Å²) in [5, 5.41) is 2.93. The van der Waals surface area contributed by atoms with Crippen molar-refractivity contribution >= 4 is 29.7 Å². The normalized spacial score (nSPS) is 9.85. The van der Waals surface area contributed by atoms with Crippen molar-refractivity contribution in [1.29, 1.82) is 0 Å². The molecule has 0 heterocycles. The first kappa shape index (κ1) is 14.1. The third-order valence-electron chi connectivity index (χ3n) is 2.59. The molecule has 0 spiro atoms. The van der Waals surface area contributed by atoms with Crippen LogP contribution in [0.4, 0.5) is 10.5 Å². The first-order valence-electron chi connectivity index (χ1n) is 5.91. The number of anilines is 1. The minimum absolute atomic E-state index is 0.163. The Kier molecular flexibility index (Phi) is 4.74. The highest BCUT2D eigenvalue weighted by Crippen LogP contribution is 2.19. The van der Waals surface area contributed by atoms with Crippen LogP contribution >= 0.6 is 11.6 Å². The zero-order chi connectivity index (χ0) is 14.4. The van der Waals surface area contributed by atoms with Gasteiger partial charge in [-0.1, -0.05) is 41.9 Å². The van der Waals surface area contributed by atoms with E-state index >= 15 is 0 Å². The molecule has 0 fully saturated rings. The van der Waals surface area contributed by atoms with E-state index in [1.54, 1.807) is 12.1 Å². The van der Waals surface area contributed by atoms with E-state index in [1.807, 2.05) is 30.3 Å². The summed E-state index contributed by atoms with van der Waals surface area (Å²) < 4.78 is 5.06. The fraction of sp³-hybridized carbons (Fsp3) is 0.0667. The summed E-state index contributed by atoms with van der Waals surface area (Å²) in [6.07, 6.45) is -0.00197. The van der Waals surface area contributed by atoms with Gasteiger partial charge >= 0.3 is 6.09 Å². The quantitative estimate of drug-likeness (QED) is 0.869. The van der Waals surface area contributed by atoms with E-state index in [-0.39, 0.29) is 6.61 Å². The molecule has 1 amide bonds. The largest absolute Gasteiger partial charge is 0.444 e. The van der Waals surface area contributed by atoms with Crippen molar-refractivity contribution in [2.24, 2.45) is 0 Å². The van der Waals surface area contributed by atoms with Crippen LogP contribution in [-0.2, 0) is 11.3 Å². The lowest BCUT2D eigenvalue weighted by Crippen LogP contribution is -2.14. The summed E-state index contributed by atoms with van der Waals surface area (Å²) in [5.74, 6) is 0. The molecule has 0 aliphatic carbocycles. The van der Waals surface area contributed by atoms with Crippen LogP contribution in [0, 0.1) is 0 Å². The molecule has 0 bridgehead atoms. The van der Waals surface area contributed by atoms with Crippen LogP contribution in [-0.4, -0.2) is 12.4 Å². The maximum Gasteiger partial charge on any atom is 0.411 e. The topological polar surface area (TPSA) is 55.4 Å². The summed E-state index contributed by atoms with van der Waals surface area (Å²) in [5.41, 5.74) is 1.55. The van der Waals surface area contributed by atoms with Gasteiger partial charge in [0.05, 0.1) is 5.69 Å². The smallest absolute Gasteiger partial charge is 0.411 e. The molecule has 20 heavy (non-hydrogen) atoms. The molecule has 5 heteroatoms. The number of rotatable bonds is 4. The van der Waals surface area contributed by atoms with Gasteiger partial charge in [-0.05, 0) is 23.8 Å². The number of nitrogens with one attached hydrogen (secondary N) is 1. The molecule has 0 saturated heterocycles.